The number of rotatable bonds is 10. The Kier molecular flexibility index (Phi) is 9.70. The predicted octanol–water partition coefficient (Wildman–Crippen LogP) is 3.83. The normalized spacial score (nSPS) is 33.2. The molecule has 0 bridgehead atoms. The average Bonchev–Trinajstić information content (AvgIpc) is 3.35. The van der Waals surface area contributed by atoms with E-state index in [2.05, 4.69) is 26.1 Å². The van der Waals surface area contributed by atoms with E-state index in [0.717, 1.165) is 70.6 Å². The van der Waals surface area contributed by atoms with E-state index >= 15 is 0 Å². The van der Waals surface area contributed by atoms with E-state index in [1.807, 2.05) is 0 Å². The van der Waals surface area contributed by atoms with Crippen LogP contribution in [0, 0.1) is 40.4 Å². The highest BCUT2D eigenvalue weighted by atomic mass is 16.5. The van der Waals surface area contributed by atoms with Gasteiger partial charge in [-0.1, -0.05) is 46.5 Å². The number of nitrogens with one attached hydrogen (secondary N) is 1. The number of nitrogens with zero attached hydrogens (tertiary/aromatic N) is 2. The molecule has 6 atom stereocenters. The van der Waals surface area contributed by atoms with E-state index in [1.54, 1.807) is 0 Å². The van der Waals surface area contributed by atoms with Crippen LogP contribution in [0.3, 0.4) is 0 Å². The highest BCUT2D eigenvalue weighted by molar-refractivity contribution is 6.05. The van der Waals surface area contributed by atoms with Crippen molar-refractivity contribution >= 4 is 35.7 Å². The van der Waals surface area contributed by atoms with Crippen LogP contribution in [0.4, 0.5) is 4.79 Å². The van der Waals surface area contributed by atoms with Crippen LogP contribution in [0.15, 0.2) is 0 Å². The zero-order chi connectivity index (χ0) is 31.6. The summed E-state index contributed by atoms with van der Waals surface area (Å²) in [5.41, 5.74) is -0.325. The molecule has 11 nitrogen and oxygen atoms in total. The molecule has 5 aliphatic rings. The summed E-state index contributed by atoms with van der Waals surface area (Å²) in [6.45, 7) is 6.93. The number of amides is 5. The van der Waals surface area contributed by atoms with Gasteiger partial charge in [-0.25, -0.2) is 4.79 Å². The highest BCUT2D eigenvalue weighted by Gasteiger charge is 2.49. The third-order valence-electron chi connectivity index (χ3n) is 10.6. The second-order valence-electron chi connectivity index (χ2n) is 15.0. The third-order valence-corrected chi connectivity index (χ3v) is 10.6. The first-order chi connectivity index (χ1) is 20.9. The largest absolute Gasteiger partial charge is 0.464 e. The molecule has 0 aromatic rings. The van der Waals surface area contributed by atoms with Gasteiger partial charge in [0.1, 0.15) is 13.2 Å². The fourth-order valence-corrected chi connectivity index (χ4v) is 9.14. The monoisotopic (exact) mass is 615 g/mol. The Labute approximate surface area is 260 Å². The van der Waals surface area contributed by atoms with E-state index in [4.69, 9.17) is 9.47 Å². The van der Waals surface area contributed by atoms with Crippen LogP contribution >= 0.6 is 0 Å². The second-order valence-corrected chi connectivity index (χ2v) is 15.0. The maximum absolute atomic E-state index is 12.8. The molecule has 5 rings (SSSR count). The number of imide groups is 2. The topological polar surface area (TPSA) is 139 Å². The van der Waals surface area contributed by atoms with E-state index in [1.165, 1.54) is 9.80 Å². The van der Waals surface area contributed by atoms with Crippen LogP contribution in [0.25, 0.3) is 0 Å². The molecule has 0 radical (unpaired) electrons. The first-order valence-corrected chi connectivity index (χ1v) is 16.6. The van der Waals surface area contributed by atoms with Crippen molar-refractivity contribution in [3.63, 3.8) is 0 Å². The predicted molar refractivity (Wildman–Crippen MR) is 158 cm³/mol. The van der Waals surface area contributed by atoms with Gasteiger partial charge in [0.25, 0.3) is 0 Å². The lowest BCUT2D eigenvalue weighted by molar-refractivity contribution is -0.150. The Hall–Kier alpha value is -2.98. The third kappa shape index (κ3) is 7.12. The number of likely N-dealkylation sites (tertiary alicyclic amines) is 2. The zero-order valence-corrected chi connectivity index (χ0v) is 26.6. The first-order valence-electron chi connectivity index (χ1n) is 16.6. The van der Waals surface area contributed by atoms with Crippen LogP contribution < -0.4 is 5.32 Å². The summed E-state index contributed by atoms with van der Waals surface area (Å²) < 4.78 is 10.8. The van der Waals surface area contributed by atoms with Crippen molar-refractivity contribution in [3.05, 3.63) is 0 Å². The summed E-state index contributed by atoms with van der Waals surface area (Å²) in [7, 11) is 0. The Morgan fingerprint density at radius 3 is 1.66 bits per heavy atom. The smallest absolute Gasteiger partial charge is 0.407 e. The minimum atomic E-state index is -0.590. The van der Waals surface area contributed by atoms with Gasteiger partial charge in [-0.15, -0.1) is 0 Å². The zero-order valence-electron chi connectivity index (χ0n) is 26.6. The Balaban J connectivity index is 1.04. The minimum Gasteiger partial charge on any atom is -0.464 e. The molecule has 0 aromatic carbocycles. The van der Waals surface area contributed by atoms with Crippen molar-refractivity contribution in [2.24, 2.45) is 40.4 Å². The number of hydrogen-bond acceptors (Lipinski definition) is 8. The highest BCUT2D eigenvalue weighted by Crippen LogP contribution is 2.49. The Bertz CT molecular complexity index is 1120. The van der Waals surface area contributed by atoms with Crippen LogP contribution in [-0.4, -0.2) is 78.3 Å². The van der Waals surface area contributed by atoms with E-state index in [9.17, 15) is 28.8 Å². The SMILES string of the molecule is CC1(C)CC(CC(=O)OCCN2C(=O)C3CCCCC3C2=O)CC(C)(CNC(=O)OCCN2C(=O)C3CCCCC3C2=O)C1. The van der Waals surface area contributed by atoms with Crippen molar-refractivity contribution in [1.82, 2.24) is 15.1 Å². The number of fused-ring (bicyclic) bond motifs is 2. The van der Waals surface area contributed by atoms with Gasteiger partial charge in [0.05, 0.1) is 36.8 Å². The molecule has 2 aliphatic heterocycles. The summed E-state index contributed by atoms with van der Waals surface area (Å²) in [4.78, 5) is 78.5. The number of carbonyl (C=O) groups excluding carboxylic acids is 6. The van der Waals surface area contributed by atoms with Crippen LogP contribution in [0.1, 0.15) is 97.8 Å². The molecule has 44 heavy (non-hydrogen) atoms. The molecule has 5 fully saturated rings. The van der Waals surface area contributed by atoms with Crippen molar-refractivity contribution in [2.75, 3.05) is 32.8 Å². The molecule has 2 heterocycles. The van der Waals surface area contributed by atoms with Crippen LogP contribution in [0.2, 0.25) is 0 Å². The molecule has 244 valence electrons. The lowest BCUT2D eigenvalue weighted by atomic mass is 9.60. The van der Waals surface area contributed by atoms with Crippen LogP contribution in [-0.2, 0) is 33.4 Å². The van der Waals surface area contributed by atoms with Gasteiger partial charge in [0, 0.05) is 13.0 Å². The summed E-state index contributed by atoms with van der Waals surface area (Å²) in [5.74, 6) is -1.65. The Morgan fingerprint density at radius 2 is 1.18 bits per heavy atom. The lowest BCUT2D eigenvalue weighted by Crippen LogP contribution is -2.44. The number of ether oxygens (including phenoxy) is 2. The quantitative estimate of drug-likeness (QED) is 0.289. The molecule has 5 amide bonds. The molecule has 3 aliphatic carbocycles. The van der Waals surface area contributed by atoms with E-state index in [0.29, 0.717) is 6.54 Å². The average molecular weight is 616 g/mol. The second kappa shape index (κ2) is 13.2. The van der Waals surface area contributed by atoms with Gasteiger partial charge in [-0.2, -0.15) is 0 Å². The van der Waals surface area contributed by atoms with Crippen molar-refractivity contribution < 1.29 is 38.2 Å². The maximum atomic E-state index is 12.8. The van der Waals surface area contributed by atoms with E-state index < -0.39 is 6.09 Å². The molecule has 0 aromatic heterocycles. The van der Waals surface area contributed by atoms with E-state index in [-0.39, 0.29) is 103 Å². The van der Waals surface area contributed by atoms with Crippen molar-refractivity contribution in [3.8, 4) is 0 Å². The fourth-order valence-electron chi connectivity index (χ4n) is 9.14. The minimum absolute atomic E-state index is 0.00641. The van der Waals surface area contributed by atoms with Crippen LogP contribution in [0.5, 0.6) is 0 Å². The number of esters is 1. The van der Waals surface area contributed by atoms with Crippen molar-refractivity contribution in [2.45, 2.75) is 97.8 Å². The summed E-state index contributed by atoms with van der Waals surface area (Å²) >= 11 is 0. The standard InChI is InChI=1S/C33H49N3O8/c1-32(2)17-21(16-26(37)43-14-12-35-27(38)22-8-4-5-9-23(22)28(35)39)18-33(3,19-32)20-34-31(42)44-15-13-36-29(40)24-10-6-7-11-25(24)30(36)41/h21-25H,4-20H2,1-3H3,(H,34,42). The number of hydrogen-bond donors (Lipinski definition) is 1. The molecule has 6 unspecified atom stereocenters. The van der Waals surface area contributed by atoms with Gasteiger partial charge >= 0.3 is 12.1 Å². The molecular weight excluding hydrogens is 566 g/mol. The summed E-state index contributed by atoms with van der Waals surface area (Å²) in [6.07, 6.45) is 8.96. The number of alkyl carbamates (subject to hydrolysis) is 1. The molecule has 3 saturated carbocycles. The molecule has 0 spiro atoms. The van der Waals surface area contributed by atoms with Gasteiger partial charge in [-0.3, -0.25) is 33.8 Å². The van der Waals surface area contributed by atoms with Gasteiger partial charge in [-0.05, 0) is 61.7 Å². The molecule has 1 N–H and O–H groups in total. The maximum Gasteiger partial charge on any atom is 0.407 e. The summed E-state index contributed by atoms with van der Waals surface area (Å²) in [5, 5.41) is 2.86. The van der Waals surface area contributed by atoms with Crippen molar-refractivity contribution in [1.29, 1.82) is 0 Å². The number of carbonyl (C=O) groups is 6. The van der Waals surface area contributed by atoms with Gasteiger partial charge in [0.15, 0.2) is 0 Å². The lowest BCUT2D eigenvalue weighted by Gasteiger charge is -2.46. The first kappa shape index (κ1) is 32.4. The fraction of sp³-hybridized carbons (Fsp3) is 0.818. The van der Waals surface area contributed by atoms with Gasteiger partial charge < -0.3 is 14.8 Å². The molecule has 2 saturated heterocycles. The van der Waals surface area contributed by atoms with Gasteiger partial charge in [0.2, 0.25) is 23.6 Å². The molecular formula is C33H49N3O8. The molecule has 11 heteroatoms. The summed E-state index contributed by atoms with van der Waals surface area (Å²) in [6, 6.07) is 0. The Morgan fingerprint density at radius 1 is 0.727 bits per heavy atom.